The smallest absolute Gasteiger partial charge is 0.304 e. The third-order valence-electron chi connectivity index (χ3n) is 3.42. The van der Waals surface area contributed by atoms with Crippen LogP contribution in [0.3, 0.4) is 0 Å². The number of rotatable bonds is 2. The number of carboxylic acids is 1. The molecular formula is C15H12O3. The minimum Gasteiger partial charge on any atom is -0.508 e. The van der Waals surface area contributed by atoms with Gasteiger partial charge >= 0.3 is 5.97 Å². The van der Waals surface area contributed by atoms with Crippen LogP contribution in [0.15, 0.2) is 42.5 Å². The third kappa shape index (κ3) is 1.56. The number of hydrogen-bond acceptors (Lipinski definition) is 2. The average Bonchev–Trinajstić information content (AvgIpc) is 2.64. The normalized spacial score (nSPS) is 16.1. The summed E-state index contributed by atoms with van der Waals surface area (Å²) in [4.78, 5) is 11.0. The summed E-state index contributed by atoms with van der Waals surface area (Å²) in [5.41, 5.74) is 3.98. The number of aromatic hydroxyl groups is 1. The summed E-state index contributed by atoms with van der Waals surface area (Å²) < 4.78 is 0. The highest BCUT2D eigenvalue weighted by Gasteiger charge is 2.29. The lowest BCUT2D eigenvalue weighted by Crippen LogP contribution is -2.04. The molecule has 1 aliphatic rings. The van der Waals surface area contributed by atoms with Gasteiger partial charge in [0.1, 0.15) is 5.75 Å². The van der Waals surface area contributed by atoms with Crippen LogP contribution in [0.4, 0.5) is 0 Å². The molecule has 3 nitrogen and oxygen atoms in total. The monoisotopic (exact) mass is 240 g/mol. The number of phenolic OH excluding ortho intramolecular Hbond substituents is 1. The molecule has 0 bridgehead atoms. The fraction of sp³-hybridized carbons (Fsp3) is 0.133. The van der Waals surface area contributed by atoms with Crippen LogP contribution >= 0.6 is 0 Å². The second kappa shape index (κ2) is 3.88. The fourth-order valence-corrected chi connectivity index (χ4v) is 2.69. The zero-order valence-electron chi connectivity index (χ0n) is 9.63. The van der Waals surface area contributed by atoms with Crippen molar-refractivity contribution in [1.82, 2.24) is 0 Å². The van der Waals surface area contributed by atoms with Gasteiger partial charge in [-0.1, -0.05) is 30.3 Å². The molecule has 0 amide bonds. The quantitative estimate of drug-likeness (QED) is 0.848. The Balaban J connectivity index is 2.21. The summed E-state index contributed by atoms with van der Waals surface area (Å²) in [6.07, 6.45) is 0.0782. The molecule has 0 aliphatic heterocycles. The first-order valence-electron chi connectivity index (χ1n) is 5.81. The predicted molar refractivity (Wildman–Crippen MR) is 67.6 cm³/mol. The third-order valence-corrected chi connectivity index (χ3v) is 3.42. The van der Waals surface area contributed by atoms with Crippen molar-refractivity contribution in [2.45, 2.75) is 12.3 Å². The molecule has 0 spiro atoms. The molecule has 0 aromatic heterocycles. The van der Waals surface area contributed by atoms with Gasteiger partial charge in [-0.25, -0.2) is 0 Å². The molecule has 90 valence electrons. The van der Waals surface area contributed by atoms with Crippen molar-refractivity contribution >= 4 is 5.97 Å². The van der Waals surface area contributed by atoms with Gasteiger partial charge in [-0.15, -0.1) is 0 Å². The van der Waals surface area contributed by atoms with Gasteiger partial charge in [0, 0.05) is 5.92 Å². The zero-order chi connectivity index (χ0) is 12.7. The Morgan fingerprint density at radius 1 is 1.06 bits per heavy atom. The first kappa shape index (κ1) is 10.8. The van der Waals surface area contributed by atoms with Crippen LogP contribution in [-0.2, 0) is 4.79 Å². The Kier molecular flexibility index (Phi) is 2.33. The summed E-state index contributed by atoms with van der Waals surface area (Å²) in [5, 5.41) is 18.6. The van der Waals surface area contributed by atoms with Gasteiger partial charge in [-0.2, -0.15) is 0 Å². The van der Waals surface area contributed by atoms with E-state index in [1.165, 1.54) is 0 Å². The van der Waals surface area contributed by atoms with E-state index in [1.807, 2.05) is 30.3 Å². The van der Waals surface area contributed by atoms with Crippen molar-refractivity contribution in [3.05, 3.63) is 53.6 Å². The van der Waals surface area contributed by atoms with Crippen LogP contribution < -0.4 is 0 Å². The van der Waals surface area contributed by atoms with E-state index < -0.39 is 5.97 Å². The summed E-state index contributed by atoms with van der Waals surface area (Å²) in [6, 6.07) is 12.9. The van der Waals surface area contributed by atoms with Gasteiger partial charge in [0.2, 0.25) is 0 Å². The molecule has 1 unspecified atom stereocenters. The van der Waals surface area contributed by atoms with Crippen LogP contribution in [-0.4, -0.2) is 16.2 Å². The molecule has 18 heavy (non-hydrogen) atoms. The maximum Gasteiger partial charge on any atom is 0.304 e. The van der Waals surface area contributed by atoms with Gasteiger partial charge in [0.15, 0.2) is 0 Å². The summed E-state index contributed by atoms with van der Waals surface area (Å²) in [5.74, 6) is -0.718. The molecule has 1 atom stereocenters. The second-order valence-corrected chi connectivity index (χ2v) is 4.51. The molecular weight excluding hydrogens is 228 g/mol. The number of carboxylic acid groups (broad SMARTS) is 1. The minimum absolute atomic E-state index is 0.0782. The van der Waals surface area contributed by atoms with Crippen molar-refractivity contribution in [1.29, 1.82) is 0 Å². The Hall–Kier alpha value is -2.29. The minimum atomic E-state index is -0.810. The lowest BCUT2D eigenvalue weighted by atomic mass is 9.94. The second-order valence-electron chi connectivity index (χ2n) is 4.51. The highest BCUT2D eigenvalue weighted by Crippen LogP contribution is 2.47. The Morgan fingerprint density at radius 3 is 2.56 bits per heavy atom. The summed E-state index contributed by atoms with van der Waals surface area (Å²) in [7, 11) is 0. The lowest BCUT2D eigenvalue weighted by molar-refractivity contribution is -0.137. The maximum absolute atomic E-state index is 11.0. The summed E-state index contributed by atoms with van der Waals surface area (Å²) in [6.45, 7) is 0. The van der Waals surface area contributed by atoms with Gasteiger partial charge in [-0.3, -0.25) is 4.79 Å². The van der Waals surface area contributed by atoms with Gasteiger partial charge < -0.3 is 10.2 Å². The molecule has 2 aromatic rings. The number of carbonyl (C=O) groups is 1. The van der Waals surface area contributed by atoms with E-state index in [-0.39, 0.29) is 18.1 Å². The highest BCUT2D eigenvalue weighted by molar-refractivity contribution is 5.82. The van der Waals surface area contributed by atoms with Crippen molar-refractivity contribution in [3.63, 3.8) is 0 Å². The van der Waals surface area contributed by atoms with E-state index in [0.29, 0.717) is 0 Å². The SMILES string of the molecule is O=C(O)CC1c2ccccc2-c2cc(O)ccc21. The van der Waals surface area contributed by atoms with Crippen molar-refractivity contribution in [2.75, 3.05) is 0 Å². The average molecular weight is 240 g/mol. The van der Waals surface area contributed by atoms with Crippen molar-refractivity contribution in [3.8, 4) is 16.9 Å². The standard InChI is InChI=1S/C15H12O3/c16-9-5-6-12-13(7-9)10-3-1-2-4-11(10)14(12)8-15(17)18/h1-7,14,16H,8H2,(H,17,18). The number of fused-ring (bicyclic) bond motifs is 3. The molecule has 3 heteroatoms. The van der Waals surface area contributed by atoms with Gasteiger partial charge in [0.05, 0.1) is 6.42 Å². The molecule has 3 rings (SSSR count). The topological polar surface area (TPSA) is 57.5 Å². The number of phenols is 1. The van der Waals surface area contributed by atoms with E-state index in [0.717, 1.165) is 22.3 Å². The molecule has 2 aromatic carbocycles. The Labute approximate surface area is 104 Å². The molecule has 1 aliphatic carbocycles. The maximum atomic E-state index is 11.0. The van der Waals surface area contributed by atoms with E-state index >= 15 is 0 Å². The van der Waals surface area contributed by atoms with Crippen LogP contribution in [0.25, 0.3) is 11.1 Å². The van der Waals surface area contributed by atoms with Gasteiger partial charge in [-0.05, 0) is 34.4 Å². The van der Waals surface area contributed by atoms with Crippen LogP contribution in [0, 0.1) is 0 Å². The molecule has 2 N–H and O–H groups in total. The molecule has 0 radical (unpaired) electrons. The van der Waals surface area contributed by atoms with E-state index in [4.69, 9.17) is 5.11 Å². The van der Waals surface area contributed by atoms with Gasteiger partial charge in [0.25, 0.3) is 0 Å². The fourth-order valence-electron chi connectivity index (χ4n) is 2.69. The Morgan fingerprint density at radius 2 is 1.78 bits per heavy atom. The van der Waals surface area contributed by atoms with E-state index in [2.05, 4.69) is 0 Å². The summed E-state index contributed by atoms with van der Waals surface area (Å²) >= 11 is 0. The van der Waals surface area contributed by atoms with Crippen molar-refractivity contribution in [2.24, 2.45) is 0 Å². The predicted octanol–water partition coefficient (Wildman–Crippen LogP) is 2.98. The molecule has 0 saturated carbocycles. The van der Waals surface area contributed by atoms with E-state index in [1.54, 1.807) is 12.1 Å². The largest absolute Gasteiger partial charge is 0.508 e. The molecule has 0 fully saturated rings. The Bertz CT molecular complexity index is 631. The first-order valence-corrected chi connectivity index (χ1v) is 5.81. The zero-order valence-corrected chi connectivity index (χ0v) is 9.63. The van der Waals surface area contributed by atoms with E-state index in [9.17, 15) is 9.90 Å². The number of hydrogen-bond donors (Lipinski definition) is 2. The molecule has 0 saturated heterocycles. The molecule has 0 heterocycles. The highest BCUT2D eigenvalue weighted by atomic mass is 16.4. The first-order chi connectivity index (χ1) is 8.66. The number of benzene rings is 2. The van der Waals surface area contributed by atoms with Crippen LogP contribution in [0.5, 0.6) is 5.75 Å². The van der Waals surface area contributed by atoms with Crippen molar-refractivity contribution < 1.29 is 15.0 Å². The van der Waals surface area contributed by atoms with Crippen LogP contribution in [0.2, 0.25) is 0 Å². The van der Waals surface area contributed by atoms with Crippen LogP contribution in [0.1, 0.15) is 23.5 Å². The lowest BCUT2D eigenvalue weighted by Gasteiger charge is -2.10. The number of aliphatic carboxylic acids is 1.